The molecule has 6 heteroatoms. The van der Waals surface area contributed by atoms with E-state index in [0.717, 1.165) is 54.6 Å². The number of phenolic OH excluding ortho intramolecular Hbond substituents is 1. The Kier molecular flexibility index (Phi) is 7.92. The number of halogens is 1. The predicted octanol–water partition coefficient (Wildman–Crippen LogP) is 8.39. The molecule has 5 rings (SSSR count). The highest BCUT2D eigenvalue weighted by Crippen LogP contribution is 2.40. The number of carbonyl (C=O) groups excluding carboxylic acids is 1. The quantitative estimate of drug-likeness (QED) is 0.314. The number of aliphatic imine (C=N–C) groups is 1. The van der Waals surface area contributed by atoms with E-state index in [-0.39, 0.29) is 24.1 Å². The second-order valence-electron chi connectivity index (χ2n) is 10.0. The summed E-state index contributed by atoms with van der Waals surface area (Å²) in [6.07, 6.45) is 11.1. The number of allylic oxidation sites excluding steroid dienone is 6. The largest absolute Gasteiger partial charge is 0.504 e. The Morgan fingerprint density at radius 1 is 1.15 bits per heavy atom. The molecule has 0 saturated carbocycles. The molecule has 2 unspecified atom stereocenters. The van der Waals surface area contributed by atoms with Crippen LogP contribution in [0.15, 0.2) is 99.0 Å². The Morgan fingerprint density at radius 3 is 2.77 bits per heavy atom. The van der Waals surface area contributed by atoms with Crippen molar-refractivity contribution in [1.29, 1.82) is 0 Å². The second kappa shape index (κ2) is 11.7. The van der Waals surface area contributed by atoms with Crippen LogP contribution < -0.4 is 4.74 Å². The molecule has 1 heterocycles. The van der Waals surface area contributed by atoms with Crippen molar-refractivity contribution in [3.05, 3.63) is 112 Å². The fraction of sp³-hybridized carbons (Fsp3) is 0.273. The summed E-state index contributed by atoms with van der Waals surface area (Å²) in [6, 6.07) is 14.9. The number of fused-ring (bicyclic) bond motifs is 1. The molecule has 0 radical (unpaired) electrons. The first kappa shape index (κ1) is 26.4. The Morgan fingerprint density at radius 2 is 2.03 bits per heavy atom. The summed E-state index contributed by atoms with van der Waals surface area (Å²) in [5, 5.41) is 10.7. The molecule has 5 nitrogen and oxygen atoms in total. The lowest BCUT2D eigenvalue weighted by molar-refractivity contribution is 0.109. The molecule has 2 aliphatic carbocycles. The molecule has 0 bridgehead atoms. The number of phenols is 1. The van der Waals surface area contributed by atoms with Gasteiger partial charge in [-0.25, -0.2) is 9.38 Å². The predicted molar refractivity (Wildman–Crippen MR) is 150 cm³/mol. The van der Waals surface area contributed by atoms with Gasteiger partial charge in [0.25, 0.3) is 0 Å². The lowest BCUT2D eigenvalue weighted by atomic mass is 9.77. The zero-order valence-electron chi connectivity index (χ0n) is 22.2. The molecule has 0 aliphatic heterocycles. The lowest BCUT2D eigenvalue weighted by Gasteiger charge is -2.29. The summed E-state index contributed by atoms with van der Waals surface area (Å²) >= 11 is 0. The van der Waals surface area contributed by atoms with E-state index in [1.54, 1.807) is 30.3 Å². The van der Waals surface area contributed by atoms with Gasteiger partial charge < -0.3 is 14.3 Å². The molecule has 0 amide bonds. The fourth-order valence-corrected chi connectivity index (χ4v) is 5.23. The van der Waals surface area contributed by atoms with Gasteiger partial charge in [0.15, 0.2) is 23.5 Å². The molecule has 1 aromatic heterocycles. The third-order valence-corrected chi connectivity index (χ3v) is 7.33. The van der Waals surface area contributed by atoms with Gasteiger partial charge in [-0.3, -0.25) is 4.79 Å². The van der Waals surface area contributed by atoms with E-state index in [1.807, 2.05) is 12.1 Å². The Balaban J connectivity index is 1.49. The minimum atomic E-state index is -0.330. The number of furan rings is 1. The summed E-state index contributed by atoms with van der Waals surface area (Å²) in [6.45, 7) is 4.51. The van der Waals surface area contributed by atoms with Crippen molar-refractivity contribution >= 4 is 17.7 Å². The number of aldehydes is 1. The lowest BCUT2D eigenvalue weighted by Crippen LogP contribution is -2.19. The minimum Gasteiger partial charge on any atom is -0.504 e. The molecular weight excluding hydrogens is 493 g/mol. The number of hydrogen-bond donors (Lipinski definition) is 1. The summed E-state index contributed by atoms with van der Waals surface area (Å²) in [7, 11) is 0. The highest BCUT2D eigenvalue weighted by molar-refractivity contribution is 6.16. The molecule has 39 heavy (non-hydrogen) atoms. The molecule has 2 atom stereocenters. The van der Waals surface area contributed by atoms with Crippen molar-refractivity contribution in [3.63, 3.8) is 0 Å². The monoisotopic (exact) mass is 525 g/mol. The highest BCUT2D eigenvalue weighted by Gasteiger charge is 2.28. The SMILES string of the molecule is CC/C1=C/CCC(C)C2=CCC(c3ccc(C=O)o3)C=C2C1=Nc1ccc(OCc2cccc(F)c2)c(O)c1. The minimum absolute atomic E-state index is 0.000570. The molecule has 200 valence electrons. The van der Waals surface area contributed by atoms with Crippen LogP contribution >= 0.6 is 0 Å². The van der Waals surface area contributed by atoms with Crippen LogP contribution in [-0.4, -0.2) is 17.1 Å². The summed E-state index contributed by atoms with van der Waals surface area (Å²) in [4.78, 5) is 16.2. The van der Waals surface area contributed by atoms with Gasteiger partial charge in [0, 0.05) is 17.6 Å². The van der Waals surface area contributed by atoms with Crippen LogP contribution in [0.3, 0.4) is 0 Å². The number of aromatic hydroxyl groups is 1. The standard InChI is InChI=1S/C33H32FNO4/c1-3-23-8-4-6-21(2)28-13-10-24(31-15-12-27(19-36)39-31)17-29(28)33(23)35-26-11-14-32(30(37)18-26)38-20-22-7-5-9-25(34)16-22/h5,7-9,11-19,21,24,37H,3-4,6,10,20H2,1-2H3/b23-8-,35-33?. The average Bonchev–Trinajstić information content (AvgIpc) is 3.42. The summed E-state index contributed by atoms with van der Waals surface area (Å²) in [5.74, 6) is 1.39. The molecule has 1 N–H and O–H groups in total. The van der Waals surface area contributed by atoms with Crippen molar-refractivity contribution in [1.82, 2.24) is 0 Å². The van der Waals surface area contributed by atoms with Crippen LogP contribution in [0.4, 0.5) is 10.1 Å². The fourth-order valence-electron chi connectivity index (χ4n) is 5.23. The third-order valence-electron chi connectivity index (χ3n) is 7.33. The summed E-state index contributed by atoms with van der Waals surface area (Å²) in [5.41, 5.74) is 5.66. The van der Waals surface area contributed by atoms with Crippen molar-refractivity contribution in [2.75, 3.05) is 0 Å². The van der Waals surface area contributed by atoms with Crippen molar-refractivity contribution in [2.24, 2.45) is 10.9 Å². The first-order valence-corrected chi connectivity index (χ1v) is 13.4. The van der Waals surface area contributed by atoms with E-state index < -0.39 is 0 Å². The van der Waals surface area contributed by atoms with E-state index in [9.17, 15) is 14.3 Å². The topological polar surface area (TPSA) is 72.0 Å². The maximum atomic E-state index is 13.5. The first-order chi connectivity index (χ1) is 18.9. The van der Waals surface area contributed by atoms with Crippen molar-refractivity contribution in [3.8, 4) is 11.5 Å². The Bertz CT molecular complexity index is 1490. The van der Waals surface area contributed by atoms with Gasteiger partial charge in [0.05, 0.1) is 11.4 Å². The van der Waals surface area contributed by atoms with E-state index in [4.69, 9.17) is 14.1 Å². The van der Waals surface area contributed by atoms with Gasteiger partial charge in [0.1, 0.15) is 18.2 Å². The van der Waals surface area contributed by atoms with Crippen LogP contribution in [-0.2, 0) is 6.61 Å². The van der Waals surface area contributed by atoms with Gasteiger partial charge in [0.2, 0.25) is 0 Å². The number of carbonyl (C=O) groups is 1. The number of benzene rings is 2. The van der Waals surface area contributed by atoms with E-state index >= 15 is 0 Å². The zero-order valence-corrected chi connectivity index (χ0v) is 22.2. The van der Waals surface area contributed by atoms with Gasteiger partial charge in [-0.1, -0.05) is 44.2 Å². The summed E-state index contributed by atoms with van der Waals surface area (Å²) < 4.78 is 25.0. The van der Waals surface area contributed by atoms with Crippen LogP contribution in [0.5, 0.6) is 11.5 Å². The number of nitrogens with zero attached hydrogens (tertiary/aromatic N) is 1. The first-order valence-electron chi connectivity index (χ1n) is 13.4. The third kappa shape index (κ3) is 5.95. The molecule has 0 saturated heterocycles. The van der Waals surface area contributed by atoms with E-state index in [0.29, 0.717) is 28.7 Å². The van der Waals surface area contributed by atoms with E-state index in [2.05, 4.69) is 32.1 Å². The Labute approximate surface area is 228 Å². The normalized spacial score (nSPS) is 21.6. The highest BCUT2D eigenvalue weighted by atomic mass is 19.1. The van der Waals surface area contributed by atoms with Crippen molar-refractivity contribution < 1.29 is 23.4 Å². The molecule has 2 aliphatic rings. The van der Waals surface area contributed by atoms with Crippen molar-refractivity contribution in [2.45, 2.75) is 52.1 Å². The van der Waals surface area contributed by atoms with Crippen LogP contribution in [0.2, 0.25) is 0 Å². The average molecular weight is 526 g/mol. The molecule has 3 aromatic rings. The number of rotatable bonds is 7. The van der Waals surface area contributed by atoms with Crippen LogP contribution in [0.1, 0.15) is 67.3 Å². The molecule has 2 aromatic carbocycles. The Hall–Kier alpha value is -4.19. The number of ether oxygens (including phenoxy) is 1. The van der Waals surface area contributed by atoms with E-state index in [1.165, 1.54) is 17.7 Å². The number of hydrogen-bond acceptors (Lipinski definition) is 5. The van der Waals surface area contributed by atoms with Gasteiger partial charge in [-0.05, 0) is 84.7 Å². The zero-order chi connectivity index (χ0) is 27.4. The molecular formula is C33H32FNO4. The van der Waals surface area contributed by atoms with Crippen LogP contribution in [0, 0.1) is 11.7 Å². The van der Waals surface area contributed by atoms with Crippen LogP contribution in [0.25, 0.3) is 0 Å². The van der Waals surface area contributed by atoms with Gasteiger partial charge in [-0.2, -0.15) is 0 Å². The smallest absolute Gasteiger partial charge is 0.185 e. The van der Waals surface area contributed by atoms with Gasteiger partial charge >= 0.3 is 0 Å². The van der Waals surface area contributed by atoms with Gasteiger partial charge in [-0.15, -0.1) is 0 Å². The molecule has 0 fully saturated rings. The second-order valence-corrected chi connectivity index (χ2v) is 10.0. The maximum Gasteiger partial charge on any atom is 0.185 e. The maximum absolute atomic E-state index is 13.5. The molecule has 0 spiro atoms.